The number of imide groups is 1. The Morgan fingerprint density at radius 3 is 2.31 bits per heavy atom. The number of halogens is 2. The second kappa shape index (κ2) is 12.1. The van der Waals surface area contributed by atoms with E-state index < -0.39 is 23.7 Å². The molecule has 3 amide bonds. The summed E-state index contributed by atoms with van der Waals surface area (Å²) in [7, 11) is 0. The molecule has 0 saturated heterocycles. The summed E-state index contributed by atoms with van der Waals surface area (Å²) in [5, 5.41) is 5.75. The van der Waals surface area contributed by atoms with Crippen LogP contribution in [0.3, 0.4) is 0 Å². The van der Waals surface area contributed by atoms with Crippen LogP contribution in [0.1, 0.15) is 46.0 Å². The summed E-state index contributed by atoms with van der Waals surface area (Å²) in [6, 6.07) is 17.7. The van der Waals surface area contributed by atoms with E-state index >= 15 is 0 Å². The summed E-state index contributed by atoms with van der Waals surface area (Å²) in [4.78, 5) is 52.2. The van der Waals surface area contributed by atoms with Gasteiger partial charge in [-0.2, -0.15) is 0 Å². The first-order chi connectivity index (χ1) is 18.7. The van der Waals surface area contributed by atoms with Crippen LogP contribution in [-0.2, 0) is 14.3 Å². The van der Waals surface area contributed by atoms with Gasteiger partial charge in [-0.05, 0) is 67.4 Å². The van der Waals surface area contributed by atoms with Crippen LogP contribution in [0.4, 0.5) is 17.1 Å². The Labute approximate surface area is 235 Å². The van der Waals surface area contributed by atoms with Crippen LogP contribution in [0.2, 0.25) is 5.02 Å². The fourth-order valence-electron chi connectivity index (χ4n) is 3.87. The number of benzene rings is 3. The molecule has 3 aromatic carbocycles. The molecule has 1 aliphatic rings. The summed E-state index contributed by atoms with van der Waals surface area (Å²) in [6.45, 7) is 4.03. The van der Waals surface area contributed by atoms with Crippen LogP contribution in [0.25, 0.3) is 0 Å². The molecule has 0 atom stereocenters. The zero-order chi connectivity index (χ0) is 28.1. The van der Waals surface area contributed by atoms with Crippen LogP contribution in [0.5, 0.6) is 0 Å². The molecule has 0 radical (unpaired) electrons. The molecule has 39 heavy (non-hydrogen) atoms. The average Bonchev–Trinajstić information content (AvgIpc) is 3.13. The number of amides is 3. The molecule has 0 aliphatic carbocycles. The van der Waals surface area contributed by atoms with Gasteiger partial charge in [-0.1, -0.05) is 54.7 Å². The Morgan fingerprint density at radius 2 is 1.56 bits per heavy atom. The van der Waals surface area contributed by atoms with Crippen LogP contribution in [0.15, 0.2) is 77.5 Å². The third-order valence-electron chi connectivity index (χ3n) is 5.99. The average molecular weight is 566 g/mol. The van der Waals surface area contributed by atoms with Gasteiger partial charge in [0.1, 0.15) is 10.7 Å². The number of carbonyl (C=O) groups is 4. The fourth-order valence-corrected chi connectivity index (χ4v) is 4.25. The molecule has 4 rings (SSSR count). The van der Waals surface area contributed by atoms with E-state index in [1.807, 2.05) is 6.92 Å². The predicted octanol–water partition coefficient (Wildman–Crippen LogP) is 6.29. The van der Waals surface area contributed by atoms with Crippen molar-refractivity contribution in [2.45, 2.75) is 26.7 Å². The summed E-state index contributed by atoms with van der Waals surface area (Å²) < 4.78 is 5.23. The molecular weight excluding hydrogens is 541 g/mol. The minimum Gasteiger partial charge on any atom is -0.462 e. The minimum absolute atomic E-state index is 0.118. The molecule has 0 unspecified atom stereocenters. The van der Waals surface area contributed by atoms with E-state index in [4.69, 9.17) is 27.9 Å². The Bertz CT molecular complexity index is 1500. The van der Waals surface area contributed by atoms with Gasteiger partial charge in [-0.15, -0.1) is 0 Å². The van der Waals surface area contributed by atoms with Crippen molar-refractivity contribution in [2.75, 3.05) is 22.1 Å². The standard InChI is InChI=1S/C29H25Cl2N3O5/c1-3-4-14-39-29(38)19-9-6-11-21(16-19)33-26(35)18-8-5-10-20(15-18)32-25-24(31)27(36)34(28(25)37)23-13-7-12-22(30)17(23)2/h5-13,15-16,32H,3-4,14H2,1-2H3,(H,33,35). The molecule has 0 bridgehead atoms. The number of ether oxygens (including phenoxy) is 1. The van der Waals surface area contributed by atoms with Crippen LogP contribution < -0.4 is 15.5 Å². The Kier molecular flexibility index (Phi) is 8.69. The summed E-state index contributed by atoms with van der Waals surface area (Å²) in [5.41, 5.74) is 2.15. The lowest BCUT2D eigenvalue weighted by molar-refractivity contribution is -0.120. The SMILES string of the molecule is CCCCOC(=O)c1cccc(NC(=O)c2cccc(NC3=C(Cl)C(=O)N(c4cccc(Cl)c4C)C3=O)c2)c1. The van der Waals surface area contributed by atoms with Gasteiger partial charge >= 0.3 is 5.97 Å². The fraction of sp³-hybridized carbons (Fsp3) is 0.172. The van der Waals surface area contributed by atoms with Gasteiger partial charge in [0.15, 0.2) is 0 Å². The molecular formula is C29H25Cl2N3O5. The van der Waals surface area contributed by atoms with Gasteiger partial charge in [-0.25, -0.2) is 9.69 Å². The Hall–Kier alpha value is -4.14. The van der Waals surface area contributed by atoms with Crippen LogP contribution in [-0.4, -0.2) is 30.3 Å². The van der Waals surface area contributed by atoms with E-state index in [1.165, 1.54) is 12.1 Å². The highest BCUT2D eigenvalue weighted by Crippen LogP contribution is 2.34. The molecule has 200 valence electrons. The molecule has 0 saturated carbocycles. The summed E-state index contributed by atoms with van der Waals surface area (Å²) >= 11 is 12.4. The van der Waals surface area contributed by atoms with Crippen molar-refractivity contribution < 1.29 is 23.9 Å². The largest absolute Gasteiger partial charge is 0.462 e. The van der Waals surface area contributed by atoms with Crippen molar-refractivity contribution in [1.29, 1.82) is 0 Å². The second-order valence-corrected chi connectivity index (χ2v) is 9.53. The topological polar surface area (TPSA) is 105 Å². The number of hydrogen-bond donors (Lipinski definition) is 2. The zero-order valence-corrected chi connectivity index (χ0v) is 22.7. The van der Waals surface area contributed by atoms with Gasteiger partial charge in [-0.3, -0.25) is 14.4 Å². The van der Waals surface area contributed by atoms with Crippen molar-refractivity contribution in [1.82, 2.24) is 0 Å². The predicted molar refractivity (Wildman–Crippen MR) is 151 cm³/mol. The highest BCUT2D eigenvalue weighted by Gasteiger charge is 2.39. The lowest BCUT2D eigenvalue weighted by Crippen LogP contribution is -2.32. The maximum absolute atomic E-state index is 13.2. The molecule has 2 N–H and O–H groups in total. The zero-order valence-electron chi connectivity index (χ0n) is 21.2. The molecule has 8 nitrogen and oxygen atoms in total. The van der Waals surface area contributed by atoms with Crippen molar-refractivity contribution in [3.8, 4) is 0 Å². The maximum Gasteiger partial charge on any atom is 0.338 e. The van der Waals surface area contributed by atoms with E-state index in [9.17, 15) is 19.2 Å². The second-order valence-electron chi connectivity index (χ2n) is 8.75. The first-order valence-corrected chi connectivity index (χ1v) is 13.0. The first-order valence-electron chi connectivity index (χ1n) is 12.2. The summed E-state index contributed by atoms with van der Waals surface area (Å²) in [5.74, 6) is -2.24. The lowest BCUT2D eigenvalue weighted by Gasteiger charge is -2.18. The maximum atomic E-state index is 13.2. The summed E-state index contributed by atoms with van der Waals surface area (Å²) in [6.07, 6.45) is 1.68. The number of carbonyl (C=O) groups excluding carboxylic acids is 4. The van der Waals surface area contributed by atoms with Crippen molar-refractivity contribution in [2.24, 2.45) is 0 Å². The minimum atomic E-state index is -0.684. The Morgan fingerprint density at radius 1 is 0.897 bits per heavy atom. The smallest absolute Gasteiger partial charge is 0.338 e. The first kappa shape index (κ1) is 27.9. The van der Waals surface area contributed by atoms with Crippen LogP contribution >= 0.6 is 23.2 Å². The quantitative estimate of drug-likeness (QED) is 0.179. The molecule has 0 fully saturated rings. The van der Waals surface area contributed by atoms with Gasteiger partial charge in [0.05, 0.1) is 17.9 Å². The van der Waals surface area contributed by atoms with E-state index in [0.717, 1.165) is 17.7 Å². The van der Waals surface area contributed by atoms with Gasteiger partial charge in [0, 0.05) is 22.0 Å². The molecule has 1 heterocycles. The van der Waals surface area contributed by atoms with Crippen LogP contribution in [0, 0.1) is 6.92 Å². The van der Waals surface area contributed by atoms with E-state index in [-0.39, 0.29) is 16.3 Å². The number of unbranched alkanes of at least 4 members (excludes halogenated alkanes) is 1. The number of nitrogens with zero attached hydrogens (tertiary/aromatic N) is 1. The highest BCUT2D eigenvalue weighted by atomic mass is 35.5. The number of esters is 1. The number of rotatable bonds is 9. The third kappa shape index (κ3) is 6.13. The Balaban J connectivity index is 1.48. The van der Waals surface area contributed by atoms with Crippen molar-refractivity contribution >= 4 is 64.0 Å². The normalized spacial score (nSPS) is 13.1. The van der Waals surface area contributed by atoms with Gasteiger partial charge in [0.25, 0.3) is 17.7 Å². The van der Waals surface area contributed by atoms with Crippen molar-refractivity contribution in [3.05, 3.63) is 99.2 Å². The van der Waals surface area contributed by atoms with E-state index in [2.05, 4.69) is 10.6 Å². The highest BCUT2D eigenvalue weighted by molar-refractivity contribution is 6.53. The number of nitrogens with one attached hydrogen (secondary N) is 2. The van der Waals surface area contributed by atoms with Crippen molar-refractivity contribution in [3.63, 3.8) is 0 Å². The monoisotopic (exact) mass is 565 g/mol. The number of anilines is 3. The lowest BCUT2D eigenvalue weighted by atomic mass is 10.1. The molecule has 0 spiro atoms. The molecule has 3 aromatic rings. The third-order valence-corrected chi connectivity index (χ3v) is 6.75. The van der Waals surface area contributed by atoms with Gasteiger partial charge < -0.3 is 15.4 Å². The van der Waals surface area contributed by atoms with E-state index in [0.29, 0.717) is 39.8 Å². The molecule has 10 heteroatoms. The number of hydrogen-bond acceptors (Lipinski definition) is 6. The van der Waals surface area contributed by atoms with Gasteiger partial charge in [0.2, 0.25) is 0 Å². The molecule has 0 aromatic heterocycles. The molecule has 1 aliphatic heterocycles. The van der Waals surface area contributed by atoms with E-state index in [1.54, 1.807) is 61.5 Å².